The van der Waals surface area contributed by atoms with Crippen LogP contribution in [0.15, 0.2) is 23.0 Å². The van der Waals surface area contributed by atoms with Crippen LogP contribution < -0.4 is 10.4 Å². The van der Waals surface area contributed by atoms with Crippen molar-refractivity contribution in [3.63, 3.8) is 0 Å². The first-order valence-corrected chi connectivity index (χ1v) is 5.74. The topological polar surface area (TPSA) is 67.9 Å². The molecule has 18 heavy (non-hydrogen) atoms. The minimum absolute atomic E-state index is 0.457. The molecule has 0 bridgehead atoms. The molecule has 0 unspecified atom stereocenters. The van der Waals surface area contributed by atoms with Gasteiger partial charge in [-0.15, -0.1) is 0 Å². The summed E-state index contributed by atoms with van der Waals surface area (Å²) in [6, 6.07) is 5.89. The number of fused-ring (bicyclic) bond motifs is 3. The summed E-state index contributed by atoms with van der Waals surface area (Å²) in [5.74, 6) is 0.763. The van der Waals surface area contributed by atoms with Gasteiger partial charge in [0.2, 0.25) is 0 Å². The first-order valence-electron chi connectivity index (χ1n) is 5.74. The van der Waals surface area contributed by atoms with Gasteiger partial charge in [-0.2, -0.15) is 10.1 Å². The van der Waals surface area contributed by atoms with E-state index >= 15 is 0 Å². The number of nitrogens with one attached hydrogen (secondary N) is 1. The van der Waals surface area contributed by atoms with Crippen molar-refractivity contribution in [2.45, 2.75) is 26.4 Å². The summed E-state index contributed by atoms with van der Waals surface area (Å²) in [6.45, 7) is 5.75. The molecule has 0 saturated carbocycles. The summed E-state index contributed by atoms with van der Waals surface area (Å²) >= 11 is 0. The van der Waals surface area contributed by atoms with E-state index in [0.29, 0.717) is 11.4 Å². The minimum Gasteiger partial charge on any atom is -0.481 e. The molecule has 1 aliphatic heterocycles. The van der Waals surface area contributed by atoms with Crippen LogP contribution in [0.3, 0.4) is 0 Å². The predicted molar refractivity (Wildman–Crippen MR) is 66.5 cm³/mol. The largest absolute Gasteiger partial charge is 0.481 e. The highest BCUT2D eigenvalue weighted by Crippen LogP contribution is 2.42. The van der Waals surface area contributed by atoms with Gasteiger partial charge in [0.05, 0.1) is 0 Å². The fourth-order valence-electron chi connectivity index (χ4n) is 2.18. The first-order chi connectivity index (χ1) is 8.47. The number of aromatic nitrogens is 3. The molecule has 1 N–H and O–H groups in total. The van der Waals surface area contributed by atoms with Crippen LogP contribution in [0.1, 0.15) is 25.1 Å². The summed E-state index contributed by atoms with van der Waals surface area (Å²) in [5, 5.41) is 6.50. The van der Waals surface area contributed by atoms with Crippen molar-refractivity contribution < 1.29 is 4.74 Å². The van der Waals surface area contributed by atoms with Gasteiger partial charge in [-0.3, -0.25) is 0 Å². The average molecular weight is 243 g/mol. The molecule has 1 aromatic heterocycles. The van der Waals surface area contributed by atoms with Crippen LogP contribution in [0.25, 0.3) is 11.3 Å². The third kappa shape index (κ3) is 1.51. The zero-order valence-electron chi connectivity index (χ0n) is 10.4. The molecule has 0 radical (unpaired) electrons. The summed E-state index contributed by atoms with van der Waals surface area (Å²) in [7, 11) is 0. The van der Waals surface area contributed by atoms with Crippen LogP contribution in [0.2, 0.25) is 0 Å². The van der Waals surface area contributed by atoms with Gasteiger partial charge in [0.15, 0.2) is 0 Å². The van der Waals surface area contributed by atoms with Crippen LogP contribution in [0, 0.1) is 6.92 Å². The van der Waals surface area contributed by atoms with Crippen molar-refractivity contribution in [3.05, 3.63) is 39.9 Å². The Morgan fingerprint density at radius 2 is 2.11 bits per heavy atom. The number of aryl methyl sites for hydroxylation is 1. The maximum absolute atomic E-state index is 11.3. The fraction of sp³-hybridized carbons (Fsp3) is 0.308. The standard InChI is InChI=1S/C13H13N3O2/c1-7-4-5-9-8(6-7)10-11(13(2,3)18-9)14-12(17)16-15-10/h4-6H,1-3H3,(H,14,16,17). The Hall–Kier alpha value is -2.17. The molecule has 0 amide bonds. The number of benzene rings is 1. The van der Waals surface area contributed by atoms with E-state index in [1.807, 2.05) is 39.0 Å². The molecule has 5 heteroatoms. The molecule has 0 fully saturated rings. The molecule has 1 aliphatic rings. The molecule has 0 spiro atoms. The molecular weight excluding hydrogens is 230 g/mol. The summed E-state index contributed by atoms with van der Waals surface area (Å²) in [6.07, 6.45) is 0. The van der Waals surface area contributed by atoms with E-state index < -0.39 is 11.3 Å². The van der Waals surface area contributed by atoms with Gasteiger partial charge >= 0.3 is 5.69 Å². The number of nitrogens with zero attached hydrogens (tertiary/aromatic N) is 2. The van der Waals surface area contributed by atoms with E-state index in [-0.39, 0.29) is 0 Å². The molecule has 3 rings (SSSR count). The zero-order valence-corrected chi connectivity index (χ0v) is 10.4. The molecule has 2 heterocycles. The predicted octanol–water partition coefficient (Wildman–Crippen LogP) is 1.77. The van der Waals surface area contributed by atoms with Gasteiger partial charge < -0.3 is 4.74 Å². The van der Waals surface area contributed by atoms with Crippen molar-refractivity contribution in [3.8, 4) is 17.0 Å². The number of ether oxygens (including phenoxy) is 1. The summed E-state index contributed by atoms with van der Waals surface area (Å²) in [5.41, 5.74) is 2.12. The lowest BCUT2D eigenvalue weighted by Crippen LogP contribution is -2.34. The lowest BCUT2D eigenvalue weighted by molar-refractivity contribution is 0.0991. The smallest absolute Gasteiger partial charge is 0.361 e. The average Bonchev–Trinajstić information content (AvgIpc) is 2.30. The van der Waals surface area contributed by atoms with Gasteiger partial charge in [-0.1, -0.05) is 11.6 Å². The monoisotopic (exact) mass is 243 g/mol. The Labute approximate surface area is 104 Å². The van der Waals surface area contributed by atoms with Crippen molar-refractivity contribution in [1.82, 2.24) is 15.2 Å². The third-order valence-electron chi connectivity index (χ3n) is 3.03. The van der Waals surface area contributed by atoms with Crippen LogP contribution in [-0.4, -0.2) is 15.2 Å². The molecule has 5 nitrogen and oxygen atoms in total. The molecular formula is C13H13N3O2. The lowest BCUT2D eigenvalue weighted by atomic mass is 9.94. The molecule has 0 saturated heterocycles. The van der Waals surface area contributed by atoms with Crippen molar-refractivity contribution in [1.29, 1.82) is 0 Å². The van der Waals surface area contributed by atoms with E-state index in [4.69, 9.17) is 4.74 Å². The van der Waals surface area contributed by atoms with Gasteiger partial charge in [-0.25, -0.2) is 9.89 Å². The van der Waals surface area contributed by atoms with Crippen LogP contribution in [0.5, 0.6) is 5.75 Å². The van der Waals surface area contributed by atoms with Crippen molar-refractivity contribution in [2.75, 3.05) is 0 Å². The number of hydrogen-bond donors (Lipinski definition) is 1. The molecule has 1 aromatic carbocycles. The van der Waals surface area contributed by atoms with E-state index in [1.54, 1.807) is 0 Å². The maximum atomic E-state index is 11.3. The number of aromatic amines is 1. The van der Waals surface area contributed by atoms with Crippen molar-refractivity contribution >= 4 is 0 Å². The van der Waals surface area contributed by atoms with Gasteiger partial charge in [-0.05, 0) is 32.9 Å². The maximum Gasteiger partial charge on any atom is 0.361 e. The normalized spacial score (nSPS) is 15.5. The van der Waals surface area contributed by atoms with Crippen LogP contribution in [0.4, 0.5) is 0 Å². The summed E-state index contributed by atoms with van der Waals surface area (Å²) in [4.78, 5) is 15.3. The lowest BCUT2D eigenvalue weighted by Gasteiger charge is -2.32. The van der Waals surface area contributed by atoms with E-state index in [2.05, 4.69) is 15.2 Å². The first kappa shape index (κ1) is 11.0. The Balaban J connectivity index is 2.36. The summed E-state index contributed by atoms with van der Waals surface area (Å²) < 4.78 is 5.90. The highest BCUT2D eigenvalue weighted by molar-refractivity contribution is 5.72. The molecule has 92 valence electrons. The Morgan fingerprint density at radius 3 is 2.89 bits per heavy atom. The Kier molecular flexibility index (Phi) is 2.08. The Bertz CT molecular complexity index is 689. The Morgan fingerprint density at radius 1 is 1.33 bits per heavy atom. The SMILES string of the molecule is Cc1ccc2c(c1)-c1n[nH]c(=O)nc1C(C)(C)O2. The minimum atomic E-state index is -0.654. The van der Waals surface area contributed by atoms with Gasteiger partial charge in [0, 0.05) is 5.56 Å². The second-order valence-corrected chi connectivity index (χ2v) is 4.95. The fourth-order valence-corrected chi connectivity index (χ4v) is 2.18. The second kappa shape index (κ2) is 3.41. The quantitative estimate of drug-likeness (QED) is 0.765. The van der Waals surface area contributed by atoms with Crippen LogP contribution in [-0.2, 0) is 5.60 Å². The zero-order chi connectivity index (χ0) is 12.9. The van der Waals surface area contributed by atoms with E-state index in [0.717, 1.165) is 16.9 Å². The highest BCUT2D eigenvalue weighted by Gasteiger charge is 2.35. The molecule has 0 atom stereocenters. The number of rotatable bonds is 0. The second-order valence-electron chi connectivity index (χ2n) is 4.95. The highest BCUT2D eigenvalue weighted by atomic mass is 16.5. The molecule has 2 aromatic rings. The van der Waals surface area contributed by atoms with Gasteiger partial charge in [0.1, 0.15) is 22.7 Å². The van der Waals surface area contributed by atoms with E-state index in [9.17, 15) is 4.79 Å². The van der Waals surface area contributed by atoms with Gasteiger partial charge in [0.25, 0.3) is 0 Å². The number of hydrogen-bond acceptors (Lipinski definition) is 4. The van der Waals surface area contributed by atoms with Crippen LogP contribution >= 0.6 is 0 Å². The van der Waals surface area contributed by atoms with Crippen molar-refractivity contribution in [2.24, 2.45) is 0 Å². The van der Waals surface area contributed by atoms with E-state index in [1.165, 1.54) is 0 Å². The third-order valence-corrected chi connectivity index (χ3v) is 3.03. The number of H-pyrrole nitrogens is 1. The molecule has 0 aliphatic carbocycles.